The molecule has 3 heterocycles. The largest absolute Gasteiger partial charge is 0.370 e. The van der Waals surface area contributed by atoms with Gasteiger partial charge in [0.1, 0.15) is 6.10 Å². The number of likely N-dealkylation sites (N-methyl/N-ethyl adjacent to an activating group) is 1. The Morgan fingerprint density at radius 2 is 2.14 bits per heavy atom. The zero-order valence-corrected chi connectivity index (χ0v) is 17.8. The van der Waals surface area contributed by atoms with E-state index in [1.54, 1.807) is 0 Å². The molecule has 2 fully saturated rings. The molecule has 8 heteroatoms. The molecule has 8 nitrogen and oxygen atoms in total. The van der Waals surface area contributed by atoms with Crippen molar-refractivity contribution in [3.63, 3.8) is 0 Å². The lowest BCUT2D eigenvalue weighted by molar-refractivity contribution is -0.00804. The Morgan fingerprint density at radius 1 is 1.25 bits per heavy atom. The maximum absolute atomic E-state index is 5.97. The maximum atomic E-state index is 5.97. The Morgan fingerprint density at radius 3 is 2.93 bits per heavy atom. The van der Waals surface area contributed by atoms with Crippen LogP contribution in [0.4, 0.5) is 0 Å². The van der Waals surface area contributed by atoms with Crippen LogP contribution in [0.2, 0.25) is 0 Å². The molecule has 3 rings (SSSR count). The quantitative estimate of drug-likeness (QED) is 0.439. The third-order valence-electron chi connectivity index (χ3n) is 5.50. The first kappa shape index (κ1) is 21.1. The summed E-state index contributed by atoms with van der Waals surface area (Å²) in [6, 6.07) is 0. The van der Waals surface area contributed by atoms with Gasteiger partial charge in [-0.05, 0) is 46.4 Å². The summed E-state index contributed by atoms with van der Waals surface area (Å²) in [5.74, 6) is 1.01. The van der Waals surface area contributed by atoms with E-state index in [4.69, 9.17) is 9.73 Å². The minimum absolute atomic E-state index is 0.0559. The van der Waals surface area contributed by atoms with Gasteiger partial charge in [-0.3, -0.25) is 9.67 Å². The van der Waals surface area contributed by atoms with Crippen LogP contribution >= 0.6 is 0 Å². The summed E-state index contributed by atoms with van der Waals surface area (Å²) in [5, 5.41) is 7.74. The summed E-state index contributed by atoms with van der Waals surface area (Å²) in [4.78, 5) is 12.2. The van der Waals surface area contributed by atoms with Gasteiger partial charge in [-0.1, -0.05) is 0 Å². The van der Waals surface area contributed by atoms with E-state index in [0.29, 0.717) is 6.61 Å². The summed E-state index contributed by atoms with van der Waals surface area (Å²) < 4.78 is 7.80. The lowest BCUT2D eigenvalue weighted by atomic mass is 10.1. The molecule has 0 aromatic carbocycles. The molecule has 2 aliphatic rings. The zero-order chi connectivity index (χ0) is 19.8. The van der Waals surface area contributed by atoms with Crippen molar-refractivity contribution < 1.29 is 4.74 Å². The molecular weight excluding hydrogens is 354 g/mol. The van der Waals surface area contributed by atoms with Crippen molar-refractivity contribution in [2.24, 2.45) is 12.0 Å². The van der Waals surface area contributed by atoms with Crippen molar-refractivity contribution in [1.29, 1.82) is 0 Å². The number of aromatic nitrogens is 2. The number of hydrogen-bond donors (Lipinski definition) is 1. The molecule has 2 saturated heterocycles. The first-order valence-electron chi connectivity index (χ1n) is 10.7. The van der Waals surface area contributed by atoms with E-state index < -0.39 is 0 Å². The third-order valence-corrected chi connectivity index (χ3v) is 5.50. The van der Waals surface area contributed by atoms with Gasteiger partial charge in [-0.2, -0.15) is 5.10 Å². The number of aryl methyl sites for hydroxylation is 1. The van der Waals surface area contributed by atoms with Crippen LogP contribution in [-0.4, -0.2) is 103 Å². The Hall–Kier alpha value is -1.64. The van der Waals surface area contributed by atoms with Crippen molar-refractivity contribution in [2.75, 3.05) is 72.6 Å². The van der Waals surface area contributed by atoms with Crippen molar-refractivity contribution in [3.05, 3.63) is 18.0 Å². The lowest BCUT2D eigenvalue weighted by Gasteiger charge is -2.34. The number of morpholine rings is 1. The van der Waals surface area contributed by atoms with Crippen LogP contribution < -0.4 is 5.32 Å². The molecule has 0 aliphatic carbocycles. The molecule has 0 saturated carbocycles. The van der Waals surface area contributed by atoms with Crippen LogP contribution in [0.5, 0.6) is 0 Å². The average Bonchev–Trinajstić information content (AvgIpc) is 3.03. The van der Waals surface area contributed by atoms with E-state index in [9.17, 15) is 0 Å². The van der Waals surface area contributed by atoms with Crippen LogP contribution in [0.1, 0.15) is 31.4 Å². The Bertz CT molecular complexity index is 617. The highest BCUT2D eigenvalue weighted by Crippen LogP contribution is 2.21. The molecular formula is C20H37N7O. The number of rotatable bonds is 6. The van der Waals surface area contributed by atoms with Gasteiger partial charge in [0.25, 0.3) is 0 Å². The average molecular weight is 392 g/mol. The van der Waals surface area contributed by atoms with Gasteiger partial charge in [0.2, 0.25) is 0 Å². The van der Waals surface area contributed by atoms with Crippen LogP contribution in [0.25, 0.3) is 0 Å². The second-order valence-electron chi connectivity index (χ2n) is 7.84. The van der Waals surface area contributed by atoms with Crippen LogP contribution in [-0.2, 0) is 11.8 Å². The fraction of sp³-hybridized carbons (Fsp3) is 0.800. The summed E-state index contributed by atoms with van der Waals surface area (Å²) in [7, 11) is 4.16. The molecule has 1 unspecified atom stereocenters. The minimum Gasteiger partial charge on any atom is -0.370 e. The molecule has 28 heavy (non-hydrogen) atoms. The maximum Gasteiger partial charge on any atom is 0.194 e. The van der Waals surface area contributed by atoms with Gasteiger partial charge < -0.3 is 24.8 Å². The number of hydrogen-bond acceptors (Lipinski definition) is 5. The van der Waals surface area contributed by atoms with Crippen molar-refractivity contribution in [1.82, 2.24) is 29.8 Å². The Balaban J connectivity index is 1.50. The fourth-order valence-corrected chi connectivity index (χ4v) is 3.88. The SMILES string of the molecule is CCNC(=NCCCN1CCCN(C)CC1)N1CCOC(c2cnn(C)c2)C1. The predicted molar refractivity (Wildman–Crippen MR) is 113 cm³/mol. The van der Waals surface area contributed by atoms with E-state index in [1.807, 2.05) is 24.1 Å². The van der Waals surface area contributed by atoms with Crippen LogP contribution in [0, 0.1) is 0 Å². The fourth-order valence-electron chi connectivity index (χ4n) is 3.88. The molecule has 158 valence electrons. The summed E-state index contributed by atoms with van der Waals surface area (Å²) in [6.07, 6.45) is 6.37. The first-order chi connectivity index (χ1) is 13.7. The second kappa shape index (κ2) is 10.8. The van der Waals surface area contributed by atoms with Gasteiger partial charge in [-0.15, -0.1) is 0 Å². The van der Waals surface area contributed by atoms with Gasteiger partial charge in [0.15, 0.2) is 5.96 Å². The Kier molecular flexibility index (Phi) is 8.12. The predicted octanol–water partition coefficient (Wildman–Crippen LogP) is 0.787. The van der Waals surface area contributed by atoms with Gasteiger partial charge in [-0.25, -0.2) is 0 Å². The molecule has 2 aliphatic heterocycles. The van der Waals surface area contributed by atoms with Gasteiger partial charge >= 0.3 is 0 Å². The number of aliphatic imine (C=N–C) groups is 1. The van der Waals surface area contributed by atoms with Crippen molar-refractivity contribution in [2.45, 2.75) is 25.9 Å². The van der Waals surface area contributed by atoms with E-state index in [0.717, 1.165) is 50.7 Å². The highest BCUT2D eigenvalue weighted by Gasteiger charge is 2.25. The standard InChI is InChI=1S/C20H37N7O/c1-4-21-20(22-7-5-9-26-10-6-8-24(2)11-12-26)27-13-14-28-19(17-27)18-15-23-25(3)16-18/h15-16,19H,4-14,17H2,1-3H3,(H,21,22). The van der Waals surface area contributed by atoms with Gasteiger partial charge in [0.05, 0.1) is 19.3 Å². The molecule has 1 aromatic rings. The zero-order valence-electron chi connectivity index (χ0n) is 17.8. The highest BCUT2D eigenvalue weighted by atomic mass is 16.5. The molecule has 0 spiro atoms. The number of ether oxygens (including phenoxy) is 1. The van der Waals surface area contributed by atoms with Crippen molar-refractivity contribution in [3.8, 4) is 0 Å². The topological polar surface area (TPSA) is 61.2 Å². The third kappa shape index (κ3) is 6.18. The lowest BCUT2D eigenvalue weighted by Crippen LogP contribution is -2.48. The van der Waals surface area contributed by atoms with Crippen LogP contribution in [0.15, 0.2) is 17.4 Å². The molecule has 1 aromatic heterocycles. The molecule has 0 radical (unpaired) electrons. The van der Waals surface area contributed by atoms with E-state index in [1.165, 1.54) is 32.6 Å². The summed E-state index contributed by atoms with van der Waals surface area (Å²) in [5.41, 5.74) is 1.13. The van der Waals surface area contributed by atoms with E-state index in [2.05, 4.69) is 39.1 Å². The molecule has 1 N–H and O–H groups in total. The van der Waals surface area contributed by atoms with E-state index >= 15 is 0 Å². The van der Waals surface area contributed by atoms with Crippen LogP contribution in [0.3, 0.4) is 0 Å². The number of nitrogens with one attached hydrogen (secondary N) is 1. The molecule has 0 bridgehead atoms. The second-order valence-corrected chi connectivity index (χ2v) is 7.84. The highest BCUT2D eigenvalue weighted by molar-refractivity contribution is 5.80. The number of nitrogens with zero attached hydrogens (tertiary/aromatic N) is 6. The number of guanidine groups is 1. The monoisotopic (exact) mass is 391 g/mol. The molecule has 1 atom stereocenters. The first-order valence-corrected chi connectivity index (χ1v) is 10.7. The van der Waals surface area contributed by atoms with Crippen molar-refractivity contribution >= 4 is 5.96 Å². The smallest absolute Gasteiger partial charge is 0.194 e. The summed E-state index contributed by atoms with van der Waals surface area (Å²) >= 11 is 0. The molecule has 0 amide bonds. The summed E-state index contributed by atoms with van der Waals surface area (Å²) in [6.45, 7) is 12.2. The Labute approximate surface area is 169 Å². The van der Waals surface area contributed by atoms with E-state index in [-0.39, 0.29) is 6.10 Å². The normalized spacial score (nSPS) is 23.0. The minimum atomic E-state index is 0.0559. The van der Waals surface area contributed by atoms with Gasteiger partial charge in [0, 0.05) is 51.5 Å².